The van der Waals surface area contributed by atoms with Gasteiger partial charge in [-0.2, -0.15) is 0 Å². The number of hydrogen-bond acceptors (Lipinski definition) is 1. The maximum Gasteiger partial charge on any atom is 0.240 e. The van der Waals surface area contributed by atoms with Gasteiger partial charge in [0, 0.05) is 21.7 Å². The van der Waals surface area contributed by atoms with E-state index in [1.807, 2.05) is 0 Å². The minimum atomic E-state index is -0.481. The Morgan fingerprint density at radius 3 is 2.00 bits per heavy atom. The van der Waals surface area contributed by atoms with E-state index in [4.69, 9.17) is 0 Å². The first-order valence-corrected chi connectivity index (χ1v) is 1.19. The van der Waals surface area contributed by atoms with Crippen molar-refractivity contribution in [1.29, 1.82) is 0 Å². The van der Waals surface area contributed by atoms with E-state index in [-0.39, 0.29) is 21.7 Å². The van der Waals surface area contributed by atoms with Crippen molar-refractivity contribution >= 4 is 5.91 Å². The summed E-state index contributed by atoms with van der Waals surface area (Å²) in [6.45, 7) is 3.09. The summed E-state index contributed by atoms with van der Waals surface area (Å²) in [7, 11) is 0. The zero-order chi connectivity index (χ0) is 4.28. The Hall–Kier alpha value is -0.0757. The van der Waals surface area contributed by atoms with Gasteiger partial charge in [0.1, 0.15) is 0 Å². The van der Waals surface area contributed by atoms with E-state index in [1.54, 1.807) is 0 Å². The summed E-state index contributed by atoms with van der Waals surface area (Å²) < 4.78 is 0. The van der Waals surface area contributed by atoms with Crippen molar-refractivity contribution in [3.05, 3.63) is 12.7 Å². The van der Waals surface area contributed by atoms with Crippen LogP contribution in [0, 0.1) is 0 Å². The van der Waals surface area contributed by atoms with Crippen molar-refractivity contribution in [2.24, 2.45) is 5.73 Å². The molecule has 0 atom stereocenters. The summed E-state index contributed by atoms with van der Waals surface area (Å²) in [5, 5.41) is 0. The second-order valence-corrected chi connectivity index (χ2v) is 0.606. The van der Waals surface area contributed by atoms with Crippen LogP contribution in [0.1, 0.15) is 0 Å². The van der Waals surface area contributed by atoms with Crippen LogP contribution in [0.5, 0.6) is 0 Å². The van der Waals surface area contributed by atoms with Crippen LogP contribution in [-0.4, -0.2) is 5.91 Å². The van der Waals surface area contributed by atoms with Crippen LogP contribution in [-0.2, 0) is 26.5 Å². The van der Waals surface area contributed by atoms with Gasteiger partial charge in [0.2, 0.25) is 5.91 Å². The van der Waals surface area contributed by atoms with Gasteiger partial charge in [0.25, 0.3) is 0 Å². The van der Waals surface area contributed by atoms with E-state index < -0.39 is 5.91 Å². The van der Waals surface area contributed by atoms with E-state index in [1.165, 1.54) is 0 Å². The maximum absolute atomic E-state index is 9.47. The average Bonchev–Trinajstić information content (AvgIpc) is 1.38. The van der Waals surface area contributed by atoms with E-state index in [0.717, 1.165) is 6.08 Å². The van der Waals surface area contributed by atoms with Crippen LogP contribution in [0.15, 0.2) is 12.7 Å². The molecule has 1 amide bonds. The molecule has 0 rings (SSSR count). The Labute approximate surface area is 51.3 Å². The van der Waals surface area contributed by atoms with Crippen molar-refractivity contribution in [2.75, 3.05) is 0 Å². The largest absolute Gasteiger partial charge is 0.366 e. The summed E-state index contributed by atoms with van der Waals surface area (Å²) in [6, 6.07) is 0. The molecule has 32 valence electrons. The van der Waals surface area contributed by atoms with Crippen LogP contribution in [0.4, 0.5) is 0 Å². The Bertz CT molecular complexity index is 61.8. The first-order chi connectivity index (χ1) is 2.27. The van der Waals surface area contributed by atoms with Gasteiger partial charge in [0.05, 0.1) is 0 Å². The van der Waals surface area contributed by atoms with Gasteiger partial charge in [-0.3, -0.25) is 4.79 Å². The third-order valence-corrected chi connectivity index (χ3v) is 0.201. The van der Waals surface area contributed by atoms with Gasteiger partial charge in [-0.05, 0) is 6.08 Å². The van der Waals surface area contributed by atoms with Gasteiger partial charge < -0.3 is 5.73 Å². The average molecular weight is 119 g/mol. The summed E-state index contributed by atoms with van der Waals surface area (Å²) in [5.74, 6) is -0.481. The predicted octanol–water partition coefficient (Wildman–Crippen LogP) is -0.345. The zero-order valence-electron chi connectivity index (χ0n) is 3.27. The molecule has 0 bridgehead atoms. The molecule has 0 unspecified atom stereocenters. The van der Waals surface area contributed by atoms with Crippen LogP contribution >= 0.6 is 0 Å². The quantitative estimate of drug-likeness (QED) is 0.372. The Morgan fingerprint density at radius 1 is 1.83 bits per heavy atom. The topological polar surface area (TPSA) is 43.1 Å². The fourth-order valence-electron chi connectivity index (χ4n) is 0. The van der Waals surface area contributed by atoms with Crippen LogP contribution in [0.25, 0.3) is 0 Å². The van der Waals surface area contributed by atoms with E-state index in [2.05, 4.69) is 12.3 Å². The molecule has 0 spiro atoms. The monoisotopic (exact) mass is 119 g/mol. The van der Waals surface area contributed by atoms with Crippen LogP contribution < -0.4 is 5.73 Å². The molecule has 0 heterocycles. The SMILES string of the molecule is C=CC(N)=O.[Ti]. The number of amides is 1. The summed E-state index contributed by atoms with van der Waals surface area (Å²) >= 11 is 0. The Morgan fingerprint density at radius 2 is 2.00 bits per heavy atom. The van der Waals surface area contributed by atoms with Crippen molar-refractivity contribution < 1.29 is 26.5 Å². The molecule has 0 aromatic heterocycles. The number of hydrogen-bond donors (Lipinski definition) is 1. The fraction of sp³-hybridized carbons (Fsp3) is 0. The van der Waals surface area contributed by atoms with E-state index >= 15 is 0 Å². The smallest absolute Gasteiger partial charge is 0.240 e. The molecule has 0 aliphatic heterocycles. The molecule has 0 aromatic rings. The molecular formula is C3H5NOTi. The molecule has 3 heteroatoms. The second-order valence-electron chi connectivity index (χ2n) is 0.606. The second kappa shape index (κ2) is 4.92. The van der Waals surface area contributed by atoms with Crippen molar-refractivity contribution in [3.8, 4) is 0 Å². The van der Waals surface area contributed by atoms with Gasteiger partial charge >= 0.3 is 0 Å². The molecule has 0 aromatic carbocycles. The van der Waals surface area contributed by atoms with Crippen molar-refractivity contribution in [2.45, 2.75) is 0 Å². The molecule has 0 aliphatic rings. The van der Waals surface area contributed by atoms with E-state index in [9.17, 15) is 4.79 Å². The van der Waals surface area contributed by atoms with Crippen LogP contribution in [0.3, 0.4) is 0 Å². The van der Waals surface area contributed by atoms with Crippen molar-refractivity contribution in [1.82, 2.24) is 0 Å². The molecule has 0 saturated carbocycles. The summed E-state index contributed by atoms with van der Waals surface area (Å²) in [4.78, 5) is 9.47. The standard InChI is InChI=1S/C3H5NO.Ti/c1-2-3(4)5;/h2H,1H2,(H2,4,5);. The van der Waals surface area contributed by atoms with Gasteiger partial charge in [-0.25, -0.2) is 0 Å². The number of nitrogens with two attached hydrogens (primary N) is 1. The number of primary amides is 1. The van der Waals surface area contributed by atoms with Gasteiger partial charge in [-0.1, -0.05) is 6.58 Å². The number of carbonyl (C=O) groups excluding carboxylic acids is 1. The maximum atomic E-state index is 9.47. The molecule has 6 heavy (non-hydrogen) atoms. The predicted molar refractivity (Wildman–Crippen MR) is 19.4 cm³/mol. The molecular weight excluding hydrogens is 114 g/mol. The number of rotatable bonds is 1. The molecule has 0 fully saturated rings. The number of carbonyl (C=O) groups is 1. The Kier molecular flexibility index (Phi) is 7.66. The third-order valence-electron chi connectivity index (χ3n) is 0.201. The normalized spacial score (nSPS) is 5.33. The minimum Gasteiger partial charge on any atom is -0.366 e. The molecule has 0 aliphatic carbocycles. The zero-order valence-corrected chi connectivity index (χ0v) is 4.83. The fourth-order valence-corrected chi connectivity index (χ4v) is 0. The first kappa shape index (κ1) is 9.33. The molecule has 0 radical (unpaired) electrons. The molecule has 2 N–H and O–H groups in total. The van der Waals surface area contributed by atoms with Gasteiger partial charge in [0.15, 0.2) is 0 Å². The minimum absolute atomic E-state index is 0. The van der Waals surface area contributed by atoms with Crippen molar-refractivity contribution in [3.63, 3.8) is 0 Å². The molecule has 0 saturated heterocycles. The molecule has 2 nitrogen and oxygen atoms in total. The van der Waals surface area contributed by atoms with E-state index in [0.29, 0.717) is 0 Å². The third kappa shape index (κ3) is 9.06. The summed E-state index contributed by atoms with van der Waals surface area (Å²) in [5.41, 5.74) is 4.53. The first-order valence-electron chi connectivity index (χ1n) is 1.19. The van der Waals surface area contributed by atoms with Gasteiger partial charge in [-0.15, -0.1) is 0 Å². The summed E-state index contributed by atoms with van der Waals surface area (Å²) in [6.07, 6.45) is 1.06. The Balaban J connectivity index is 0. The van der Waals surface area contributed by atoms with Crippen LogP contribution in [0.2, 0.25) is 0 Å².